The summed E-state index contributed by atoms with van der Waals surface area (Å²) in [7, 11) is 1.54. The Morgan fingerprint density at radius 1 is 1.41 bits per heavy atom. The third-order valence-corrected chi connectivity index (χ3v) is 2.96. The molecule has 0 spiro atoms. The molecule has 7 heteroatoms. The van der Waals surface area contributed by atoms with E-state index in [0.29, 0.717) is 28.5 Å². The van der Waals surface area contributed by atoms with Gasteiger partial charge in [-0.25, -0.2) is 5.43 Å². The van der Waals surface area contributed by atoms with Gasteiger partial charge in [0.2, 0.25) is 12.5 Å². The zero-order valence-corrected chi connectivity index (χ0v) is 11.8. The van der Waals surface area contributed by atoms with Crippen molar-refractivity contribution < 1.29 is 19.0 Å². The van der Waals surface area contributed by atoms with Crippen molar-refractivity contribution in [2.75, 3.05) is 13.9 Å². The van der Waals surface area contributed by atoms with Gasteiger partial charge in [0, 0.05) is 11.8 Å². The van der Waals surface area contributed by atoms with Crippen molar-refractivity contribution in [1.29, 1.82) is 0 Å². The van der Waals surface area contributed by atoms with E-state index in [1.165, 1.54) is 6.21 Å². The van der Waals surface area contributed by atoms with E-state index in [1.54, 1.807) is 43.6 Å². The molecule has 22 heavy (non-hydrogen) atoms. The number of hydrogen-bond acceptors (Lipinski definition) is 6. The monoisotopic (exact) mass is 299 g/mol. The first-order valence-electron chi connectivity index (χ1n) is 6.50. The molecule has 7 nitrogen and oxygen atoms in total. The van der Waals surface area contributed by atoms with Crippen molar-refractivity contribution in [3.63, 3.8) is 0 Å². The second-order valence-corrected chi connectivity index (χ2v) is 4.37. The number of carbonyl (C=O) groups excluding carboxylic acids is 1. The first-order chi connectivity index (χ1) is 10.8. The van der Waals surface area contributed by atoms with E-state index in [9.17, 15) is 4.79 Å². The number of carbonyl (C=O) groups is 1. The molecule has 0 saturated heterocycles. The van der Waals surface area contributed by atoms with Crippen LogP contribution in [0.5, 0.6) is 17.2 Å². The maximum absolute atomic E-state index is 11.8. The van der Waals surface area contributed by atoms with Crippen molar-refractivity contribution in [2.24, 2.45) is 5.10 Å². The Morgan fingerprint density at radius 3 is 3.09 bits per heavy atom. The Kier molecular flexibility index (Phi) is 3.86. The summed E-state index contributed by atoms with van der Waals surface area (Å²) >= 11 is 0. The van der Waals surface area contributed by atoms with E-state index < -0.39 is 0 Å². The first kappa shape index (κ1) is 13.9. The molecule has 0 bridgehead atoms. The topological polar surface area (TPSA) is 82.0 Å². The van der Waals surface area contributed by atoms with Crippen LogP contribution in [0.15, 0.2) is 41.6 Å². The lowest BCUT2D eigenvalue weighted by Crippen LogP contribution is -2.18. The molecule has 1 amide bonds. The van der Waals surface area contributed by atoms with Crippen LogP contribution in [0.3, 0.4) is 0 Å². The molecular weight excluding hydrogens is 286 g/mol. The van der Waals surface area contributed by atoms with E-state index in [-0.39, 0.29) is 12.7 Å². The van der Waals surface area contributed by atoms with Crippen LogP contribution in [-0.2, 0) is 0 Å². The van der Waals surface area contributed by atoms with E-state index in [1.807, 2.05) is 0 Å². The number of pyridine rings is 1. The number of nitrogens with one attached hydrogen (secondary N) is 1. The molecule has 112 valence electrons. The maximum atomic E-state index is 11.8. The van der Waals surface area contributed by atoms with Gasteiger partial charge in [0.05, 0.1) is 13.3 Å². The number of nitrogens with zero attached hydrogens (tertiary/aromatic N) is 2. The fraction of sp³-hybridized carbons (Fsp3) is 0.133. The molecule has 1 N–H and O–H groups in total. The van der Waals surface area contributed by atoms with Crippen LogP contribution in [0.4, 0.5) is 0 Å². The second-order valence-electron chi connectivity index (χ2n) is 4.37. The van der Waals surface area contributed by atoms with Gasteiger partial charge in [-0.15, -0.1) is 0 Å². The predicted molar refractivity (Wildman–Crippen MR) is 78.4 cm³/mol. The Labute approximate surface area is 126 Å². The normalized spacial score (nSPS) is 12.4. The minimum Gasteiger partial charge on any atom is -0.493 e. The Bertz CT molecular complexity index is 716. The highest BCUT2D eigenvalue weighted by Crippen LogP contribution is 2.41. The van der Waals surface area contributed by atoms with Gasteiger partial charge in [-0.2, -0.15) is 5.10 Å². The summed E-state index contributed by atoms with van der Waals surface area (Å²) in [5.74, 6) is 1.31. The fourth-order valence-electron chi connectivity index (χ4n) is 1.94. The van der Waals surface area contributed by atoms with Gasteiger partial charge in [-0.3, -0.25) is 9.78 Å². The molecule has 0 aliphatic carbocycles. The molecule has 0 unspecified atom stereocenters. The van der Waals surface area contributed by atoms with Crippen LogP contribution in [0.25, 0.3) is 0 Å². The minimum absolute atomic E-state index is 0.155. The standard InChI is InChI=1S/C15H13N3O4/c1-20-12-6-10(7-13-14(12)22-9-21-13)8-17-18-15(19)11-4-2-3-5-16-11/h2-8H,9H2,1H3,(H,18,19)/b17-8+. The van der Waals surface area contributed by atoms with Crippen LogP contribution in [-0.4, -0.2) is 31.0 Å². The number of amides is 1. The van der Waals surface area contributed by atoms with Crippen molar-refractivity contribution in [3.05, 3.63) is 47.8 Å². The van der Waals surface area contributed by atoms with Gasteiger partial charge in [0.1, 0.15) is 5.69 Å². The van der Waals surface area contributed by atoms with E-state index >= 15 is 0 Å². The molecule has 1 aliphatic heterocycles. The Morgan fingerprint density at radius 2 is 2.32 bits per heavy atom. The predicted octanol–water partition coefficient (Wildman–Crippen LogP) is 1.58. The largest absolute Gasteiger partial charge is 0.493 e. The number of rotatable bonds is 4. The lowest BCUT2D eigenvalue weighted by Gasteiger charge is -2.05. The average molecular weight is 299 g/mol. The second kappa shape index (κ2) is 6.13. The lowest BCUT2D eigenvalue weighted by atomic mass is 10.2. The SMILES string of the molecule is COc1cc(/C=N/NC(=O)c2ccccn2)cc2c1OCO2. The molecular formula is C15H13N3O4. The molecule has 1 aromatic carbocycles. The number of benzene rings is 1. The van der Waals surface area contributed by atoms with Crippen molar-refractivity contribution in [1.82, 2.24) is 10.4 Å². The highest BCUT2D eigenvalue weighted by molar-refractivity contribution is 5.93. The number of ether oxygens (including phenoxy) is 3. The summed E-state index contributed by atoms with van der Waals surface area (Å²) in [6.45, 7) is 0.155. The Balaban J connectivity index is 1.72. The van der Waals surface area contributed by atoms with Crippen molar-refractivity contribution >= 4 is 12.1 Å². The highest BCUT2D eigenvalue weighted by Gasteiger charge is 2.19. The summed E-state index contributed by atoms with van der Waals surface area (Å²) in [4.78, 5) is 15.7. The molecule has 0 fully saturated rings. The first-order valence-corrected chi connectivity index (χ1v) is 6.50. The zero-order chi connectivity index (χ0) is 15.4. The summed E-state index contributed by atoms with van der Waals surface area (Å²) in [5, 5.41) is 3.90. The van der Waals surface area contributed by atoms with Gasteiger partial charge in [-0.05, 0) is 24.3 Å². The molecule has 0 radical (unpaired) electrons. The minimum atomic E-state index is -0.385. The van der Waals surface area contributed by atoms with Gasteiger partial charge in [-0.1, -0.05) is 6.07 Å². The third kappa shape index (κ3) is 2.83. The Hall–Kier alpha value is -3.09. The van der Waals surface area contributed by atoms with E-state index in [4.69, 9.17) is 14.2 Å². The van der Waals surface area contributed by atoms with Crippen LogP contribution in [0, 0.1) is 0 Å². The molecule has 0 atom stereocenters. The number of fused-ring (bicyclic) bond motifs is 1. The number of aromatic nitrogens is 1. The van der Waals surface area contributed by atoms with Crippen LogP contribution < -0.4 is 19.6 Å². The summed E-state index contributed by atoms with van der Waals surface area (Å²) in [5.41, 5.74) is 3.41. The van der Waals surface area contributed by atoms with Crippen molar-refractivity contribution in [3.8, 4) is 17.2 Å². The number of hydrogen-bond donors (Lipinski definition) is 1. The molecule has 2 aromatic rings. The molecule has 2 heterocycles. The molecule has 3 rings (SSSR count). The van der Waals surface area contributed by atoms with E-state index in [2.05, 4.69) is 15.5 Å². The maximum Gasteiger partial charge on any atom is 0.289 e. The number of methoxy groups -OCH3 is 1. The smallest absolute Gasteiger partial charge is 0.289 e. The number of hydrazone groups is 1. The third-order valence-electron chi connectivity index (χ3n) is 2.96. The molecule has 1 aromatic heterocycles. The quantitative estimate of drug-likeness (QED) is 0.684. The average Bonchev–Trinajstić information content (AvgIpc) is 3.03. The van der Waals surface area contributed by atoms with Crippen LogP contribution in [0.2, 0.25) is 0 Å². The van der Waals surface area contributed by atoms with Crippen LogP contribution >= 0.6 is 0 Å². The fourth-order valence-corrected chi connectivity index (χ4v) is 1.94. The van der Waals surface area contributed by atoms with Crippen LogP contribution in [0.1, 0.15) is 16.1 Å². The van der Waals surface area contributed by atoms with Gasteiger partial charge >= 0.3 is 0 Å². The van der Waals surface area contributed by atoms with Gasteiger partial charge in [0.25, 0.3) is 5.91 Å². The van der Waals surface area contributed by atoms with Crippen molar-refractivity contribution in [2.45, 2.75) is 0 Å². The molecule has 0 saturated carbocycles. The van der Waals surface area contributed by atoms with Gasteiger partial charge in [0.15, 0.2) is 11.5 Å². The molecule has 1 aliphatic rings. The van der Waals surface area contributed by atoms with Gasteiger partial charge < -0.3 is 14.2 Å². The lowest BCUT2D eigenvalue weighted by molar-refractivity contribution is 0.0950. The summed E-state index contributed by atoms with van der Waals surface area (Å²) in [6, 6.07) is 8.56. The van der Waals surface area contributed by atoms with E-state index in [0.717, 1.165) is 0 Å². The zero-order valence-electron chi connectivity index (χ0n) is 11.8. The summed E-state index contributed by atoms with van der Waals surface area (Å²) < 4.78 is 15.9. The highest BCUT2D eigenvalue weighted by atomic mass is 16.7. The summed E-state index contributed by atoms with van der Waals surface area (Å²) in [6.07, 6.45) is 3.03.